The van der Waals surface area contributed by atoms with E-state index in [1.807, 2.05) is 59.2 Å². The van der Waals surface area contributed by atoms with Crippen LogP contribution in [0.25, 0.3) is 0 Å². The van der Waals surface area contributed by atoms with Crippen LogP contribution in [0, 0.1) is 0 Å². The van der Waals surface area contributed by atoms with Gasteiger partial charge in [0.2, 0.25) is 0 Å². The number of imide groups is 1. The third kappa shape index (κ3) is 3.25. The number of rotatable bonds is 4. The highest BCUT2D eigenvalue weighted by Gasteiger charge is 2.53. The number of hydrogen-bond acceptors (Lipinski definition) is 3. The number of aliphatic imine (C=N–C) groups is 1. The molecule has 1 unspecified atom stereocenters. The lowest BCUT2D eigenvalue weighted by Crippen LogP contribution is -2.62. The van der Waals surface area contributed by atoms with Crippen molar-refractivity contribution in [1.29, 1.82) is 0 Å². The van der Waals surface area contributed by atoms with Gasteiger partial charge in [0.25, 0.3) is 17.8 Å². The Morgan fingerprint density at radius 2 is 1.79 bits per heavy atom. The summed E-state index contributed by atoms with van der Waals surface area (Å²) in [4.78, 5) is 33.2. The fraction of sp³-hybridized carbons (Fsp3) is 0.200. The van der Waals surface area contributed by atoms with Crippen molar-refractivity contribution in [3.8, 4) is 0 Å². The summed E-state index contributed by atoms with van der Waals surface area (Å²) >= 11 is 9.74. The topological polar surface area (TPSA) is 56.0 Å². The third-order valence-electron chi connectivity index (χ3n) is 4.84. The Hall–Kier alpha value is -2.51. The Morgan fingerprint density at radius 1 is 1.11 bits per heavy atom. The van der Waals surface area contributed by atoms with Crippen molar-refractivity contribution < 1.29 is 14.2 Å². The number of nitrogens with zero attached hydrogens (tertiary/aromatic N) is 4. The maximum atomic E-state index is 13.3. The van der Waals surface area contributed by atoms with E-state index in [0.717, 1.165) is 11.1 Å². The first-order chi connectivity index (χ1) is 13.5. The fourth-order valence-corrected chi connectivity index (χ4v) is 4.07. The molecule has 2 aliphatic rings. The molecule has 0 aliphatic carbocycles. The maximum Gasteiger partial charge on any atom is 0.365 e. The van der Waals surface area contributed by atoms with Gasteiger partial charge in [0.1, 0.15) is 6.54 Å². The number of urea groups is 1. The molecular formula is C20H17BrClN4O2+. The zero-order valence-electron chi connectivity index (χ0n) is 15.0. The lowest BCUT2D eigenvalue weighted by Gasteiger charge is -2.33. The van der Waals surface area contributed by atoms with Gasteiger partial charge in [0.05, 0.1) is 22.5 Å². The van der Waals surface area contributed by atoms with Gasteiger partial charge in [0.15, 0.2) is 0 Å². The molecule has 142 valence electrons. The van der Waals surface area contributed by atoms with E-state index in [0.29, 0.717) is 22.1 Å². The van der Waals surface area contributed by atoms with Crippen molar-refractivity contribution >= 4 is 50.0 Å². The van der Waals surface area contributed by atoms with Crippen LogP contribution in [0.1, 0.15) is 11.1 Å². The van der Waals surface area contributed by atoms with Crippen LogP contribution in [0.5, 0.6) is 0 Å². The predicted molar refractivity (Wildman–Crippen MR) is 111 cm³/mol. The minimum absolute atomic E-state index is 0.212. The smallest absolute Gasteiger partial charge is 0.269 e. The minimum atomic E-state index is -0.683. The molecule has 0 aromatic heterocycles. The van der Waals surface area contributed by atoms with Gasteiger partial charge in [-0.15, -0.1) is 0 Å². The molecule has 1 fully saturated rings. The Balaban J connectivity index is 1.66. The van der Waals surface area contributed by atoms with Crippen molar-refractivity contribution in [1.82, 2.24) is 9.80 Å². The summed E-state index contributed by atoms with van der Waals surface area (Å²) in [5.41, 5.74) is 1.76. The number of halogens is 2. The normalized spacial score (nSPS) is 19.2. The van der Waals surface area contributed by atoms with Gasteiger partial charge in [-0.05, 0) is 16.6 Å². The maximum absolute atomic E-state index is 13.3. The van der Waals surface area contributed by atoms with Crippen LogP contribution < -0.4 is 0 Å². The summed E-state index contributed by atoms with van der Waals surface area (Å²) in [5.74, 6) is 0.116. The van der Waals surface area contributed by atoms with Gasteiger partial charge < -0.3 is 0 Å². The molecule has 1 atom stereocenters. The number of carbonyl (C=O) groups is 2. The van der Waals surface area contributed by atoms with Gasteiger partial charge in [-0.3, -0.25) is 14.6 Å². The highest BCUT2D eigenvalue weighted by molar-refractivity contribution is 9.18. The molecule has 2 aromatic carbocycles. The second-order valence-corrected chi connectivity index (χ2v) is 7.73. The highest BCUT2D eigenvalue weighted by Crippen LogP contribution is 2.26. The zero-order valence-corrected chi connectivity index (χ0v) is 17.4. The van der Waals surface area contributed by atoms with E-state index < -0.39 is 6.04 Å². The van der Waals surface area contributed by atoms with Crippen molar-refractivity contribution in [2.45, 2.75) is 19.1 Å². The van der Waals surface area contributed by atoms with Gasteiger partial charge in [0, 0.05) is 17.6 Å². The SMILES string of the molecule is CN1C(=O)N(Cc2ccccc2)C(=O)C2C1=NC(Br)=[N+]2Cc1ccccc1Cl. The Morgan fingerprint density at radius 3 is 2.50 bits per heavy atom. The van der Waals surface area contributed by atoms with E-state index >= 15 is 0 Å². The largest absolute Gasteiger partial charge is 0.365 e. The van der Waals surface area contributed by atoms with E-state index in [1.165, 1.54) is 9.80 Å². The number of amides is 3. The number of carbonyl (C=O) groups excluding carboxylic acids is 2. The van der Waals surface area contributed by atoms with E-state index in [2.05, 4.69) is 20.9 Å². The zero-order chi connectivity index (χ0) is 19.8. The molecule has 0 saturated carbocycles. The lowest BCUT2D eigenvalue weighted by molar-refractivity contribution is -0.548. The van der Waals surface area contributed by atoms with Crippen LogP contribution in [-0.2, 0) is 17.9 Å². The molecule has 2 heterocycles. The summed E-state index contributed by atoms with van der Waals surface area (Å²) in [5, 5.41) is 0.616. The molecule has 2 aliphatic heterocycles. The molecular weight excluding hydrogens is 444 g/mol. The second-order valence-electron chi connectivity index (χ2n) is 6.61. The van der Waals surface area contributed by atoms with Crippen LogP contribution in [0.2, 0.25) is 5.02 Å². The van der Waals surface area contributed by atoms with Gasteiger partial charge in [-0.2, -0.15) is 0 Å². The van der Waals surface area contributed by atoms with Crippen LogP contribution in [-0.4, -0.2) is 50.0 Å². The summed E-state index contributed by atoms with van der Waals surface area (Å²) in [7, 11) is 1.64. The molecule has 0 spiro atoms. The minimum Gasteiger partial charge on any atom is -0.269 e. The van der Waals surface area contributed by atoms with Crippen molar-refractivity contribution in [2.24, 2.45) is 4.99 Å². The van der Waals surface area contributed by atoms with E-state index in [-0.39, 0.29) is 18.5 Å². The number of fused-ring (bicyclic) bond motifs is 1. The molecule has 8 heteroatoms. The third-order valence-corrected chi connectivity index (χ3v) is 5.85. The first-order valence-corrected chi connectivity index (χ1v) is 9.88. The van der Waals surface area contributed by atoms with Crippen LogP contribution in [0.15, 0.2) is 59.6 Å². The van der Waals surface area contributed by atoms with Crippen LogP contribution >= 0.6 is 27.5 Å². The number of likely N-dealkylation sites (N-methyl/N-ethyl adjacent to an activating group) is 1. The molecule has 0 bridgehead atoms. The molecule has 6 nitrogen and oxygen atoms in total. The Labute approximate surface area is 175 Å². The average molecular weight is 461 g/mol. The van der Waals surface area contributed by atoms with Crippen LogP contribution in [0.4, 0.5) is 4.79 Å². The van der Waals surface area contributed by atoms with Crippen LogP contribution in [0.3, 0.4) is 0 Å². The van der Waals surface area contributed by atoms with E-state index in [1.54, 1.807) is 7.05 Å². The first-order valence-electron chi connectivity index (χ1n) is 8.71. The Bertz CT molecular complexity index is 1020. The summed E-state index contributed by atoms with van der Waals surface area (Å²) in [6.45, 7) is 0.606. The van der Waals surface area contributed by atoms with Gasteiger partial charge in [-0.1, -0.05) is 60.1 Å². The monoisotopic (exact) mass is 459 g/mol. The first kappa shape index (κ1) is 18.8. The number of hydrogen-bond donors (Lipinski definition) is 0. The quantitative estimate of drug-likeness (QED) is 0.518. The van der Waals surface area contributed by atoms with E-state index in [9.17, 15) is 9.59 Å². The lowest BCUT2D eigenvalue weighted by atomic mass is 10.1. The van der Waals surface area contributed by atoms with Gasteiger partial charge in [-0.25, -0.2) is 9.37 Å². The van der Waals surface area contributed by atoms with Gasteiger partial charge >= 0.3 is 10.8 Å². The van der Waals surface area contributed by atoms with Crippen molar-refractivity contribution in [2.75, 3.05) is 7.05 Å². The molecule has 2 aromatic rings. The summed E-state index contributed by atoms with van der Waals surface area (Å²) < 4.78 is 2.32. The molecule has 0 radical (unpaired) electrons. The second kappa shape index (κ2) is 7.48. The average Bonchev–Trinajstić information content (AvgIpc) is 3.02. The van der Waals surface area contributed by atoms with Crippen molar-refractivity contribution in [3.63, 3.8) is 0 Å². The molecule has 1 saturated heterocycles. The summed E-state index contributed by atoms with van der Waals surface area (Å²) in [6.07, 6.45) is 0. The standard InChI is InChI=1S/C20H17BrClN4O2/c1-24-17-16(18(27)26(20(24)28)11-13-7-3-2-4-8-13)25(19(21)23-17)12-14-9-5-6-10-15(14)22/h2-10,16H,11-12H2,1H3/q+1. The molecule has 4 rings (SSSR count). The van der Waals surface area contributed by atoms with Crippen molar-refractivity contribution in [3.05, 3.63) is 70.7 Å². The highest BCUT2D eigenvalue weighted by atomic mass is 79.9. The van der Waals surface area contributed by atoms with E-state index in [4.69, 9.17) is 11.6 Å². The molecule has 0 N–H and O–H groups in total. The predicted octanol–water partition coefficient (Wildman–Crippen LogP) is 3.48. The fourth-order valence-electron chi connectivity index (χ4n) is 3.37. The number of amidine groups is 2. The Kier molecular flexibility index (Phi) is 5.03. The summed E-state index contributed by atoms with van der Waals surface area (Å²) in [6, 6.07) is 15.8. The molecule has 28 heavy (non-hydrogen) atoms. The number of benzene rings is 2. The molecule has 3 amide bonds.